The lowest BCUT2D eigenvalue weighted by molar-refractivity contribution is -0.116. The van der Waals surface area contributed by atoms with Gasteiger partial charge >= 0.3 is 0 Å². The Hall–Kier alpha value is -1.08. The van der Waals surface area contributed by atoms with Crippen LogP contribution in [0.1, 0.15) is 26.2 Å². The number of carbonyl (C=O) groups excluding carboxylic acids is 1. The molecule has 6 nitrogen and oxygen atoms in total. The highest BCUT2D eigenvalue weighted by molar-refractivity contribution is 7.86. The molecule has 0 aromatic rings. The van der Waals surface area contributed by atoms with E-state index in [2.05, 4.69) is 11.8 Å². The smallest absolute Gasteiger partial charge is 0.272 e. The number of hydrogen-bond acceptors (Lipinski definition) is 5. The lowest BCUT2D eigenvalue weighted by atomic mass is 10.3. The van der Waals surface area contributed by atoms with E-state index in [1.807, 2.05) is 17.3 Å². The average Bonchev–Trinajstić information content (AvgIpc) is 2.69. The van der Waals surface area contributed by atoms with Gasteiger partial charge in [0.2, 0.25) is 0 Å². The molecule has 1 aliphatic heterocycles. The monoisotopic (exact) mass is 276 g/mol. The number of rotatable bonds is 8. The molecule has 0 amide bonds. The molecule has 0 atom stereocenters. The van der Waals surface area contributed by atoms with E-state index < -0.39 is 21.7 Å². The van der Waals surface area contributed by atoms with Crippen LogP contribution in [0.25, 0.3) is 0 Å². The standard InChI is InChI=1S/C11H20N2O4S/c1-2-3-5-12-7-8-13(10-12)6-4-11(14)9-18(15,16)17/h7-8H,2-6,9-10H2,1H3,(H,15,16,17). The summed E-state index contributed by atoms with van der Waals surface area (Å²) in [6, 6.07) is 0. The van der Waals surface area contributed by atoms with Crippen molar-refractivity contribution in [3.05, 3.63) is 12.4 Å². The summed E-state index contributed by atoms with van der Waals surface area (Å²) < 4.78 is 29.5. The third-order valence-corrected chi connectivity index (χ3v) is 3.36. The second-order valence-corrected chi connectivity index (χ2v) is 5.89. The van der Waals surface area contributed by atoms with E-state index in [4.69, 9.17) is 4.55 Å². The fourth-order valence-electron chi connectivity index (χ4n) is 1.71. The lowest BCUT2D eigenvalue weighted by Crippen LogP contribution is -2.28. The highest BCUT2D eigenvalue weighted by Crippen LogP contribution is 2.08. The van der Waals surface area contributed by atoms with E-state index in [0.717, 1.165) is 26.1 Å². The molecule has 104 valence electrons. The minimum atomic E-state index is -4.19. The first kappa shape index (κ1) is 15.0. The number of nitrogens with zero attached hydrogens (tertiary/aromatic N) is 2. The largest absolute Gasteiger partial charge is 0.359 e. The Morgan fingerprint density at radius 1 is 1.28 bits per heavy atom. The van der Waals surface area contributed by atoms with Gasteiger partial charge in [0.05, 0.1) is 6.67 Å². The van der Waals surface area contributed by atoms with Gasteiger partial charge in [-0.1, -0.05) is 13.3 Å². The minimum absolute atomic E-state index is 0.131. The molecule has 0 spiro atoms. The Bertz CT molecular complexity index is 405. The number of ketones is 1. The van der Waals surface area contributed by atoms with Crippen LogP contribution in [0.5, 0.6) is 0 Å². The van der Waals surface area contributed by atoms with Crippen LogP contribution in [0, 0.1) is 0 Å². The molecule has 0 radical (unpaired) electrons. The van der Waals surface area contributed by atoms with E-state index in [1.54, 1.807) is 0 Å². The van der Waals surface area contributed by atoms with E-state index in [1.165, 1.54) is 0 Å². The van der Waals surface area contributed by atoms with Gasteiger partial charge in [0.15, 0.2) is 5.78 Å². The predicted molar refractivity (Wildman–Crippen MR) is 68.4 cm³/mol. The van der Waals surface area contributed by atoms with Gasteiger partial charge in [-0.25, -0.2) is 0 Å². The topological polar surface area (TPSA) is 77.9 Å². The van der Waals surface area contributed by atoms with Crippen molar-refractivity contribution in [3.63, 3.8) is 0 Å². The summed E-state index contributed by atoms with van der Waals surface area (Å²) in [4.78, 5) is 15.4. The minimum Gasteiger partial charge on any atom is -0.359 e. The molecule has 1 heterocycles. The number of Topliss-reactive ketones (excluding diaryl/α,β-unsaturated/α-hetero) is 1. The van der Waals surface area contributed by atoms with Gasteiger partial charge in [-0.15, -0.1) is 0 Å². The van der Waals surface area contributed by atoms with Crippen LogP contribution < -0.4 is 0 Å². The fourth-order valence-corrected chi connectivity index (χ4v) is 2.26. The summed E-state index contributed by atoms with van der Waals surface area (Å²) in [5, 5.41) is 0. The number of unbranched alkanes of at least 4 members (excludes halogenated alkanes) is 1. The molecular formula is C11H20N2O4S. The van der Waals surface area contributed by atoms with Crippen molar-refractivity contribution in [2.24, 2.45) is 0 Å². The third-order valence-electron chi connectivity index (χ3n) is 2.67. The Labute approximate surface area is 108 Å². The maximum absolute atomic E-state index is 11.3. The normalized spacial score (nSPS) is 15.4. The van der Waals surface area contributed by atoms with E-state index in [-0.39, 0.29) is 6.42 Å². The zero-order valence-electron chi connectivity index (χ0n) is 10.6. The van der Waals surface area contributed by atoms with Gasteiger partial charge in [0.1, 0.15) is 5.75 Å². The van der Waals surface area contributed by atoms with Crippen molar-refractivity contribution in [3.8, 4) is 0 Å². The second-order valence-electron chi connectivity index (χ2n) is 4.43. The van der Waals surface area contributed by atoms with Crippen LogP contribution in [0.2, 0.25) is 0 Å². The van der Waals surface area contributed by atoms with Gasteiger partial charge in [-0.3, -0.25) is 9.35 Å². The van der Waals surface area contributed by atoms with Crippen LogP contribution in [-0.2, 0) is 14.9 Å². The molecule has 0 bridgehead atoms. The molecule has 0 saturated heterocycles. The summed E-state index contributed by atoms with van der Waals surface area (Å²) in [5.74, 6) is -1.25. The van der Waals surface area contributed by atoms with Crippen LogP contribution in [-0.4, -0.2) is 54.1 Å². The highest BCUT2D eigenvalue weighted by atomic mass is 32.2. The summed E-state index contributed by atoms with van der Waals surface area (Å²) in [7, 11) is -4.19. The maximum Gasteiger partial charge on any atom is 0.272 e. The molecule has 0 aliphatic carbocycles. The molecule has 1 N–H and O–H groups in total. The molecule has 0 saturated carbocycles. The van der Waals surface area contributed by atoms with Crippen molar-refractivity contribution < 1.29 is 17.8 Å². The maximum atomic E-state index is 11.3. The molecule has 1 aliphatic rings. The summed E-state index contributed by atoms with van der Waals surface area (Å²) in [6.07, 6.45) is 6.27. The van der Waals surface area contributed by atoms with Crippen molar-refractivity contribution in [1.82, 2.24) is 9.80 Å². The van der Waals surface area contributed by atoms with Crippen LogP contribution in [0.4, 0.5) is 0 Å². The summed E-state index contributed by atoms with van der Waals surface area (Å²) in [6.45, 7) is 4.33. The molecular weight excluding hydrogens is 256 g/mol. The van der Waals surface area contributed by atoms with Crippen LogP contribution >= 0.6 is 0 Å². The zero-order valence-corrected chi connectivity index (χ0v) is 11.4. The Kier molecular flexibility index (Phi) is 5.61. The van der Waals surface area contributed by atoms with Gasteiger partial charge < -0.3 is 9.80 Å². The molecule has 7 heteroatoms. The van der Waals surface area contributed by atoms with Crippen LogP contribution in [0.15, 0.2) is 12.4 Å². The highest BCUT2D eigenvalue weighted by Gasteiger charge is 2.16. The lowest BCUT2D eigenvalue weighted by Gasteiger charge is -2.20. The first-order valence-corrected chi connectivity index (χ1v) is 7.65. The van der Waals surface area contributed by atoms with E-state index in [9.17, 15) is 13.2 Å². The average molecular weight is 276 g/mol. The van der Waals surface area contributed by atoms with Gasteiger partial charge in [0, 0.05) is 31.9 Å². The molecule has 1 rings (SSSR count). The predicted octanol–water partition coefficient (Wildman–Crippen LogP) is 0.680. The Morgan fingerprint density at radius 2 is 1.89 bits per heavy atom. The van der Waals surface area contributed by atoms with Crippen molar-refractivity contribution in [2.45, 2.75) is 26.2 Å². The van der Waals surface area contributed by atoms with Gasteiger partial charge in [-0.2, -0.15) is 8.42 Å². The van der Waals surface area contributed by atoms with E-state index >= 15 is 0 Å². The van der Waals surface area contributed by atoms with Crippen molar-refractivity contribution in [2.75, 3.05) is 25.5 Å². The second kappa shape index (κ2) is 6.75. The first-order chi connectivity index (χ1) is 8.40. The molecule has 0 aromatic heterocycles. The van der Waals surface area contributed by atoms with Crippen molar-refractivity contribution in [1.29, 1.82) is 0 Å². The SMILES string of the molecule is CCCCN1C=CN(CCC(=O)CS(=O)(=O)O)C1. The number of carbonyl (C=O) groups is 1. The molecule has 0 unspecified atom stereocenters. The molecule has 0 fully saturated rings. The van der Waals surface area contributed by atoms with Gasteiger partial charge in [-0.05, 0) is 6.42 Å². The number of hydrogen-bond donors (Lipinski definition) is 1. The Balaban J connectivity index is 2.22. The van der Waals surface area contributed by atoms with Crippen LogP contribution in [0.3, 0.4) is 0 Å². The Morgan fingerprint density at radius 3 is 2.44 bits per heavy atom. The molecule has 18 heavy (non-hydrogen) atoms. The molecule has 0 aromatic carbocycles. The van der Waals surface area contributed by atoms with E-state index in [0.29, 0.717) is 6.54 Å². The fraction of sp³-hybridized carbons (Fsp3) is 0.727. The quantitative estimate of drug-likeness (QED) is 0.657. The van der Waals surface area contributed by atoms with Gasteiger partial charge in [0.25, 0.3) is 10.1 Å². The first-order valence-electron chi connectivity index (χ1n) is 6.04. The third kappa shape index (κ3) is 6.02. The summed E-state index contributed by atoms with van der Waals surface area (Å²) in [5.41, 5.74) is 0. The zero-order chi connectivity index (χ0) is 13.6. The summed E-state index contributed by atoms with van der Waals surface area (Å²) >= 11 is 0. The van der Waals surface area contributed by atoms with Crippen molar-refractivity contribution >= 4 is 15.9 Å².